The van der Waals surface area contributed by atoms with Crippen LogP contribution in [0.25, 0.3) is 0 Å². The summed E-state index contributed by atoms with van der Waals surface area (Å²) in [4.78, 5) is 71.3. The second-order valence-corrected chi connectivity index (χ2v) is 7.90. The number of hydrogen-bond donors (Lipinski definition) is 3. The molecule has 39 heavy (non-hydrogen) atoms. The predicted octanol–water partition coefficient (Wildman–Crippen LogP) is 2.77. The Hall–Kier alpha value is -4.74. The monoisotopic (exact) mass is 546 g/mol. The molecule has 1 rings (SSSR count). The molecule has 12 heteroatoms. The third-order valence-electron chi connectivity index (χ3n) is 5.40. The van der Waals surface area contributed by atoms with Crippen LogP contribution in [-0.4, -0.2) is 71.0 Å². The van der Waals surface area contributed by atoms with Crippen LogP contribution in [0.15, 0.2) is 38.0 Å². The Labute approximate surface area is 224 Å². The van der Waals surface area contributed by atoms with Crippen LogP contribution in [0.2, 0.25) is 0 Å². The van der Waals surface area contributed by atoms with Gasteiger partial charge < -0.3 is 29.5 Å². The maximum atomic E-state index is 12.4. The average molecular weight is 547 g/mol. The molecule has 0 fully saturated rings. The number of hydrogen-bond acceptors (Lipinski definition) is 9. The van der Waals surface area contributed by atoms with Gasteiger partial charge >= 0.3 is 35.8 Å². The van der Waals surface area contributed by atoms with Crippen molar-refractivity contribution in [2.24, 2.45) is 0 Å². The molecule has 0 saturated carbocycles. The maximum Gasteiger partial charge on any atom is 0.336 e. The fourth-order valence-electron chi connectivity index (χ4n) is 3.89. The van der Waals surface area contributed by atoms with Gasteiger partial charge in [0.05, 0.1) is 36.5 Å². The molecule has 0 radical (unpaired) electrons. The van der Waals surface area contributed by atoms with Crippen LogP contribution in [0.4, 0.5) is 0 Å². The maximum absolute atomic E-state index is 12.4. The van der Waals surface area contributed by atoms with Crippen LogP contribution >= 0.6 is 0 Å². The summed E-state index contributed by atoms with van der Waals surface area (Å²) >= 11 is 0. The number of carboxylic acid groups (broad SMARTS) is 3. The van der Waals surface area contributed by atoms with Gasteiger partial charge in [-0.2, -0.15) is 0 Å². The van der Waals surface area contributed by atoms with Gasteiger partial charge in [-0.15, -0.1) is 0 Å². The van der Waals surface area contributed by atoms with Gasteiger partial charge in [-0.05, 0) is 55.2 Å². The second kappa shape index (κ2) is 16.2. The van der Waals surface area contributed by atoms with Gasteiger partial charge in [0.25, 0.3) is 0 Å². The number of carboxylic acids is 3. The molecule has 0 saturated heterocycles. The smallest absolute Gasteiger partial charge is 0.336 e. The van der Waals surface area contributed by atoms with Gasteiger partial charge in [0, 0.05) is 18.2 Å². The molecule has 0 unspecified atom stereocenters. The Morgan fingerprint density at radius 2 is 0.744 bits per heavy atom. The predicted molar refractivity (Wildman–Crippen MR) is 136 cm³/mol. The molecule has 0 atom stereocenters. The van der Waals surface area contributed by atoms with Crippen molar-refractivity contribution in [2.45, 2.75) is 38.5 Å². The fraction of sp³-hybridized carbons (Fsp3) is 0.333. The number of rotatable bonds is 18. The van der Waals surface area contributed by atoms with Crippen molar-refractivity contribution in [1.82, 2.24) is 0 Å². The van der Waals surface area contributed by atoms with E-state index in [1.54, 1.807) is 0 Å². The van der Waals surface area contributed by atoms with Crippen molar-refractivity contribution < 1.29 is 58.3 Å². The molecule has 0 bridgehead atoms. The molecule has 210 valence electrons. The van der Waals surface area contributed by atoms with Gasteiger partial charge in [-0.25, -0.2) is 28.8 Å². The van der Waals surface area contributed by atoms with E-state index >= 15 is 0 Å². The lowest BCUT2D eigenvalue weighted by Crippen LogP contribution is -2.23. The highest BCUT2D eigenvalue weighted by Gasteiger charge is 2.32. The first kappa shape index (κ1) is 32.3. The molecule has 0 aliphatic rings. The van der Waals surface area contributed by atoms with Crippen LogP contribution < -0.4 is 0 Å². The quantitative estimate of drug-likeness (QED) is 0.106. The molecule has 0 spiro atoms. The third kappa shape index (κ3) is 9.58. The molecule has 12 nitrogen and oxygen atoms in total. The lowest BCUT2D eigenvalue weighted by Gasteiger charge is -2.22. The van der Waals surface area contributed by atoms with Crippen LogP contribution in [0.1, 0.15) is 67.0 Å². The third-order valence-corrected chi connectivity index (χ3v) is 5.40. The minimum atomic E-state index is -1.55. The topological polar surface area (TPSA) is 191 Å². The van der Waals surface area contributed by atoms with E-state index in [1.165, 1.54) is 0 Å². The van der Waals surface area contributed by atoms with E-state index in [0.29, 0.717) is 0 Å². The normalized spacial score (nSPS) is 10.2. The summed E-state index contributed by atoms with van der Waals surface area (Å²) in [7, 11) is 0. The highest BCUT2D eigenvalue weighted by molar-refractivity contribution is 6.05. The Bertz CT molecular complexity index is 998. The van der Waals surface area contributed by atoms with Crippen molar-refractivity contribution in [1.29, 1.82) is 0 Å². The Morgan fingerprint density at radius 3 is 0.923 bits per heavy atom. The first-order valence-electron chi connectivity index (χ1n) is 11.8. The van der Waals surface area contributed by atoms with Crippen molar-refractivity contribution in [2.75, 3.05) is 19.8 Å². The molecule has 0 aliphatic carbocycles. The van der Waals surface area contributed by atoms with E-state index in [0.717, 1.165) is 18.2 Å². The second-order valence-electron chi connectivity index (χ2n) is 7.90. The highest BCUT2D eigenvalue weighted by Crippen LogP contribution is 2.32. The van der Waals surface area contributed by atoms with Gasteiger partial charge in [-0.3, -0.25) is 0 Å². The summed E-state index contributed by atoms with van der Waals surface area (Å²) in [5.41, 5.74) is -1.95. The number of aromatic carboxylic acids is 3. The molecular weight excluding hydrogens is 516 g/mol. The number of benzene rings is 1. The molecule has 0 aliphatic heterocycles. The van der Waals surface area contributed by atoms with Gasteiger partial charge in [-0.1, -0.05) is 19.7 Å². The standard InChI is InChI=1S/C27H30O12/c1-4-19(28)37-13-7-10-16-22(25(31)32)17(11-8-14-38-20(29)5-2)24(27(35)36)18(23(16)26(33)34)12-9-15-39-21(30)6-3/h4-6H,1-3,7-15H2,(H,31,32)(H,33,34)(H,35,36). The van der Waals surface area contributed by atoms with E-state index in [2.05, 4.69) is 19.7 Å². The Balaban J connectivity index is 3.70. The summed E-state index contributed by atoms with van der Waals surface area (Å²) < 4.78 is 14.7. The van der Waals surface area contributed by atoms with E-state index in [1.807, 2.05) is 0 Å². The van der Waals surface area contributed by atoms with Gasteiger partial charge in [0.15, 0.2) is 0 Å². The zero-order valence-corrected chi connectivity index (χ0v) is 21.2. The lowest BCUT2D eigenvalue weighted by atomic mass is 9.81. The first-order chi connectivity index (χ1) is 18.5. The summed E-state index contributed by atoms with van der Waals surface area (Å²) in [5.74, 6) is -6.83. The van der Waals surface area contributed by atoms with E-state index in [9.17, 15) is 44.1 Å². The summed E-state index contributed by atoms with van der Waals surface area (Å²) in [6, 6.07) is 0. The van der Waals surface area contributed by atoms with Gasteiger partial charge in [0.1, 0.15) is 0 Å². The first-order valence-corrected chi connectivity index (χ1v) is 11.8. The van der Waals surface area contributed by atoms with E-state index in [-0.39, 0.29) is 75.0 Å². The zero-order chi connectivity index (χ0) is 29.5. The number of carbonyl (C=O) groups is 6. The number of ether oxygens (including phenoxy) is 3. The van der Waals surface area contributed by atoms with E-state index < -0.39 is 52.5 Å². The molecule has 0 heterocycles. The molecular formula is C27H30O12. The van der Waals surface area contributed by atoms with Crippen molar-refractivity contribution in [3.63, 3.8) is 0 Å². The van der Waals surface area contributed by atoms with Crippen LogP contribution in [0.5, 0.6) is 0 Å². The summed E-state index contributed by atoms with van der Waals surface area (Å²) in [5, 5.41) is 30.2. The Kier molecular flexibility index (Phi) is 13.4. The molecule has 1 aromatic rings. The molecule has 1 aromatic carbocycles. The van der Waals surface area contributed by atoms with E-state index in [4.69, 9.17) is 14.2 Å². The van der Waals surface area contributed by atoms with Gasteiger partial charge in [0.2, 0.25) is 0 Å². The minimum Gasteiger partial charge on any atom is -0.478 e. The van der Waals surface area contributed by atoms with Crippen molar-refractivity contribution >= 4 is 35.8 Å². The Morgan fingerprint density at radius 1 is 0.513 bits per heavy atom. The minimum absolute atomic E-state index is 0.0271. The lowest BCUT2D eigenvalue weighted by molar-refractivity contribution is -0.138. The van der Waals surface area contributed by atoms with Crippen molar-refractivity contribution in [3.8, 4) is 0 Å². The number of carbonyl (C=O) groups excluding carboxylic acids is 3. The molecule has 0 amide bonds. The molecule has 0 aromatic heterocycles. The van der Waals surface area contributed by atoms with Crippen LogP contribution in [0.3, 0.4) is 0 Å². The highest BCUT2D eigenvalue weighted by atomic mass is 16.5. The fourth-order valence-corrected chi connectivity index (χ4v) is 3.89. The number of esters is 3. The van der Waals surface area contributed by atoms with Crippen molar-refractivity contribution in [3.05, 3.63) is 71.3 Å². The SMILES string of the molecule is C=CC(=O)OCCCc1c(C(=O)O)c(CCCOC(=O)C=C)c(C(=O)O)c(CCCOC(=O)C=C)c1C(=O)O. The van der Waals surface area contributed by atoms with Crippen LogP contribution in [0, 0.1) is 0 Å². The summed E-state index contributed by atoms with van der Waals surface area (Å²) in [6.07, 6.45) is 2.35. The summed E-state index contributed by atoms with van der Waals surface area (Å²) in [6.45, 7) is 9.27. The average Bonchev–Trinajstić information content (AvgIpc) is 2.89. The zero-order valence-electron chi connectivity index (χ0n) is 21.2. The largest absolute Gasteiger partial charge is 0.478 e. The van der Waals surface area contributed by atoms with Crippen LogP contribution in [-0.2, 0) is 47.9 Å². The molecule has 3 N–H and O–H groups in total.